The first kappa shape index (κ1) is 20.0. The summed E-state index contributed by atoms with van der Waals surface area (Å²) < 4.78 is 0. The van der Waals surface area contributed by atoms with E-state index in [1.165, 1.54) is 12.8 Å². The molecule has 2 fully saturated rings. The molecule has 0 saturated carbocycles. The minimum atomic E-state index is -0.514. The number of nitrogens with two attached hydrogens (primary N) is 1. The van der Waals surface area contributed by atoms with Gasteiger partial charge in [0.05, 0.1) is 0 Å². The molecular weight excluding hydrogens is 316 g/mol. The normalized spacial score (nSPS) is 26.0. The zero-order valence-electron chi connectivity index (χ0n) is 14.1. The second-order valence-electron chi connectivity index (χ2n) is 6.77. The number of carbonyl (C=O) groups is 2. The first-order valence-electron chi connectivity index (χ1n) is 8.61. The Morgan fingerprint density at radius 1 is 1.30 bits per heavy atom. The van der Waals surface area contributed by atoms with Crippen LogP contribution in [0.25, 0.3) is 0 Å². The Labute approximate surface area is 145 Å². The summed E-state index contributed by atoms with van der Waals surface area (Å²) in [7, 11) is 0. The summed E-state index contributed by atoms with van der Waals surface area (Å²) in [5.41, 5.74) is 5.15. The third-order valence-electron chi connectivity index (χ3n) is 5.10. The molecule has 0 aromatic carbocycles. The average molecular weight is 347 g/mol. The molecule has 23 heavy (non-hydrogen) atoms. The van der Waals surface area contributed by atoms with Crippen LogP contribution in [-0.2, 0) is 4.79 Å². The van der Waals surface area contributed by atoms with Crippen molar-refractivity contribution in [1.29, 1.82) is 0 Å². The van der Waals surface area contributed by atoms with Crippen molar-refractivity contribution < 1.29 is 9.59 Å². The summed E-state index contributed by atoms with van der Waals surface area (Å²) in [6.07, 6.45) is 6.14. The van der Waals surface area contributed by atoms with E-state index in [9.17, 15) is 9.59 Å². The zero-order valence-corrected chi connectivity index (χ0v) is 14.9. The molecule has 6 nitrogen and oxygen atoms in total. The molecule has 7 heteroatoms. The van der Waals surface area contributed by atoms with E-state index >= 15 is 0 Å². The molecule has 2 aliphatic rings. The summed E-state index contributed by atoms with van der Waals surface area (Å²) in [5, 5.41) is 6.08. The molecule has 0 aromatic rings. The zero-order chi connectivity index (χ0) is 15.9. The van der Waals surface area contributed by atoms with E-state index in [1.807, 2.05) is 4.90 Å². The molecule has 3 atom stereocenters. The highest BCUT2D eigenvalue weighted by Crippen LogP contribution is 2.25. The highest BCUT2D eigenvalue weighted by molar-refractivity contribution is 5.85. The molecule has 0 aliphatic carbocycles. The van der Waals surface area contributed by atoms with Crippen molar-refractivity contribution in [2.75, 3.05) is 26.2 Å². The van der Waals surface area contributed by atoms with Gasteiger partial charge in [0.25, 0.3) is 0 Å². The van der Waals surface area contributed by atoms with E-state index in [2.05, 4.69) is 17.6 Å². The van der Waals surface area contributed by atoms with E-state index in [4.69, 9.17) is 5.73 Å². The number of hydrogen-bond donors (Lipinski definition) is 3. The van der Waals surface area contributed by atoms with Gasteiger partial charge in [0.2, 0.25) is 5.91 Å². The molecule has 0 aromatic heterocycles. The smallest absolute Gasteiger partial charge is 0.312 e. The molecule has 0 spiro atoms. The molecule has 0 radical (unpaired) electrons. The van der Waals surface area contributed by atoms with Crippen LogP contribution in [0.5, 0.6) is 0 Å². The van der Waals surface area contributed by atoms with Gasteiger partial charge in [-0.15, -0.1) is 12.4 Å². The lowest BCUT2D eigenvalue weighted by atomic mass is 9.85. The Morgan fingerprint density at radius 2 is 2.09 bits per heavy atom. The second-order valence-corrected chi connectivity index (χ2v) is 6.77. The second kappa shape index (κ2) is 9.98. The predicted octanol–water partition coefficient (Wildman–Crippen LogP) is 1.48. The summed E-state index contributed by atoms with van der Waals surface area (Å²) in [4.78, 5) is 25.5. The van der Waals surface area contributed by atoms with Crippen molar-refractivity contribution in [1.82, 2.24) is 15.5 Å². The van der Waals surface area contributed by atoms with E-state index in [1.54, 1.807) is 0 Å². The van der Waals surface area contributed by atoms with Gasteiger partial charge in [0.15, 0.2) is 0 Å². The number of carbonyl (C=O) groups excluding carboxylic acids is 2. The summed E-state index contributed by atoms with van der Waals surface area (Å²) in [5.74, 6) is 1.24. The van der Waals surface area contributed by atoms with Crippen molar-refractivity contribution >= 4 is 24.3 Å². The third kappa shape index (κ3) is 6.18. The highest BCUT2D eigenvalue weighted by Gasteiger charge is 2.29. The molecule has 134 valence electrons. The fraction of sp³-hybridized carbons (Fsp3) is 0.875. The number of likely N-dealkylation sites (tertiary alicyclic amines) is 1. The maximum Gasteiger partial charge on any atom is 0.312 e. The lowest BCUT2D eigenvalue weighted by molar-refractivity contribution is -0.136. The van der Waals surface area contributed by atoms with Crippen molar-refractivity contribution in [2.45, 2.75) is 51.5 Å². The summed E-state index contributed by atoms with van der Waals surface area (Å²) in [6, 6.07) is -0.412. The lowest BCUT2D eigenvalue weighted by Crippen LogP contribution is -2.50. The van der Waals surface area contributed by atoms with Crippen molar-refractivity contribution in [3.8, 4) is 0 Å². The van der Waals surface area contributed by atoms with Crippen molar-refractivity contribution in [3.63, 3.8) is 0 Å². The average Bonchev–Trinajstić information content (AvgIpc) is 2.54. The molecular formula is C16H31ClN4O2. The van der Waals surface area contributed by atoms with Gasteiger partial charge in [-0.3, -0.25) is 4.79 Å². The Kier molecular flexibility index (Phi) is 8.69. The van der Waals surface area contributed by atoms with E-state index in [-0.39, 0.29) is 24.4 Å². The van der Waals surface area contributed by atoms with Crippen LogP contribution in [0.3, 0.4) is 0 Å². The van der Waals surface area contributed by atoms with Gasteiger partial charge in [0.1, 0.15) is 0 Å². The van der Waals surface area contributed by atoms with Crippen LogP contribution in [0.1, 0.15) is 45.4 Å². The third-order valence-corrected chi connectivity index (χ3v) is 5.10. The Balaban J connectivity index is 0.00000264. The summed E-state index contributed by atoms with van der Waals surface area (Å²) in [6.45, 7) is 5.60. The number of primary amides is 1. The van der Waals surface area contributed by atoms with Crippen LogP contribution < -0.4 is 16.4 Å². The molecule has 3 amide bonds. The van der Waals surface area contributed by atoms with Crippen molar-refractivity contribution in [2.24, 2.45) is 17.6 Å². The van der Waals surface area contributed by atoms with Gasteiger partial charge in [-0.05, 0) is 57.0 Å². The number of piperidine rings is 2. The van der Waals surface area contributed by atoms with Crippen molar-refractivity contribution in [3.05, 3.63) is 0 Å². The van der Waals surface area contributed by atoms with Crippen LogP contribution in [0.2, 0.25) is 0 Å². The fourth-order valence-electron chi connectivity index (χ4n) is 3.68. The van der Waals surface area contributed by atoms with Gasteiger partial charge in [-0.2, -0.15) is 0 Å². The van der Waals surface area contributed by atoms with Crippen LogP contribution in [0.15, 0.2) is 0 Å². The standard InChI is InChI=1S/C16H30N4O2.ClH/c1-12(13-5-4-7-18-10-13)9-15(21)20-8-3-2-6-14(20)11-19-16(17)22;/h12-14,18H,2-11H2,1H3,(H3,17,19,22);1H. The minimum Gasteiger partial charge on any atom is -0.352 e. The highest BCUT2D eigenvalue weighted by atomic mass is 35.5. The molecule has 4 N–H and O–H groups in total. The van der Waals surface area contributed by atoms with Gasteiger partial charge >= 0.3 is 6.03 Å². The Hall–Kier alpha value is -1.01. The topological polar surface area (TPSA) is 87.5 Å². The van der Waals surface area contributed by atoms with E-state index in [0.717, 1.165) is 38.9 Å². The summed E-state index contributed by atoms with van der Waals surface area (Å²) >= 11 is 0. The molecule has 2 aliphatic heterocycles. The Bertz CT molecular complexity index is 388. The van der Waals surface area contributed by atoms with Crippen LogP contribution in [0.4, 0.5) is 4.79 Å². The number of rotatable bonds is 5. The molecule has 3 unspecified atom stereocenters. The van der Waals surface area contributed by atoms with Crippen LogP contribution in [0, 0.1) is 11.8 Å². The molecule has 2 heterocycles. The Morgan fingerprint density at radius 3 is 2.74 bits per heavy atom. The number of halogens is 1. The lowest BCUT2D eigenvalue weighted by Gasteiger charge is -2.37. The van der Waals surface area contributed by atoms with Gasteiger partial charge in [-0.25, -0.2) is 4.79 Å². The number of nitrogens with zero attached hydrogens (tertiary/aromatic N) is 1. The number of hydrogen-bond acceptors (Lipinski definition) is 3. The number of urea groups is 1. The minimum absolute atomic E-state index is 0. The number of nitrogens with one attached hydrogen (secondary N) is 2. The van der Waals surface area contributed by atoms with E-state index in [0.29, 0.717) is 24.8 Å². The maximum atomic E-state index is 12.7. The molecule has 0 bridgehead atoms. The fourth-order valence-corrected chi connectivity index (χ4v) is 3.68. The molecule has 2 rings (SSSR count). The maximum absolute atomic E-state index is 12.7. The van der Waals surface area contributed by atoms with Gasteiger partial charge in [-0.1, -0.05) is 6.92 Å². The quantitative estimate of drug-likeness (QED) is 0.704. The first-order valence-corrected chi connectivity index (χ1v) is 8.61. The monoisotopic (exact) mass is 346 g/mol. The van der Waals surface area contributed by atoms with Crippen LogP contribution in [-0.4, -0.2) is 49.1 Å². The van der Waals surface area contributed by atoms with E-state index < -0.39 is 6.03 Å². The predicted molar refractivity (Wildman–Crippen MR) is 93.6 cm³/mol. The number of amides is 3. The van der Waals surface area contributed by atoms with Gasteiger partial charge < -0.3 is 21.3 Å². The van der Waals surface area contributed by atoms with Crippen LogP contribution >= 0.6 is 12.4 Å². The first-order chi connectivity index (χ1) is 10.6. The molecule has 2 saturated heterocycles. The largest absolute Gasteiger partial charge is 0.352 e. The SMILES string of the molecule is CC(CC(=O)N1CCCCC1CNC(N)=O)C1CCCNC1.Cl. The van der Waals surface area contributed by atoms with Gasteiger partial charge in [0, 0.05) is 25.6 Å².